The van der Waals surface area contributed by atoms with Crippen LogP contribution in [0.25, 0.3) is 0 Å². The Labute approximate surface area is 69.0 Å². The third-order valence-electron chi connectivity index (χ3n) is 1.38. The second kappa shape index (κ2) is 3.55. The summed E-state index contributed by atoms with van der Waals surface area (Å²) >= 11 is 0. The van der Waals surface area contributed by atoms with Gasteiger partial charge in [-0.05, 0) is 6.92 Å². The van der Waals surface area contributed by atoms with Crippen molar-refractivity contribution >= 4 is 0 Å². The van der Waals surface area contributed by atoms with Gasteiger partial charge in [0.15, 0.2) is 6.67 Å². The van der Waals surface area contributed by atoms with Crippen molar-refractivity contribution in [2.24, 2.45) is 0 Å². The maximum atomic E-state index is 12.3. The minimum absolute atomic E-state index is 0.124. The molecule has 0 atom stereocenters. The highest BCUT2D eigenvalue weighted by molar-refractivity contribution is 5.15. The maximum absolute atomic E-state index is 12.3. The number of alkyl halides is 5. The topological polar surface area (TPSA) is 0 Å². The van der Waals surface area contributed by atoms with Gasteiger partial charge in [0, 0.05) is 0 Å². The van der Waals surface area contributed by atoms with Crippen molar-refractivity contribution in [3.63, 3.8) is 0 Å². The quantitative estimate of drug-likeness (QED) is 0.626. The molecule has 0 spiro atoms. The standard InChI is InChI=1S/C6H5F7/c1-3(4(8)9)6(12,13)5(10,11)2-7/h2H2,1H3. The fourth-order valence-corrected chi connectivity index (χ4v) is 0.477. The summed E-state index contributed by atoms with van der Waals surface area (Å²) in [6.45, 7) is -2.57. The van der Waals surface area contributed by atoms with Crippen molar-refractivity contribution in [3.05, 3.63) is 11.7 Å². The normalized spacial score (nSPS) is 12.9. The van der Waals surface area contributed by atoms with Crippen molar-refractivity contribution < 1.29 is 30.7 Å². The van der Waals surface area contributed by atoms with Gasteiger partial charge in [-0.25, -0.2) is 4.39 Å². The largest absolute Gasteiger partial charge is 0.342 e. The molecule has 0 aromatic heterocycles. The molecule has 0 aromatic carbocycles. The highest BCUT2D eigenvalue weighted by Gasteiger charge is 2.58. The molecule has 0 aromatic rings. The van der Waals surface area contributed by atoms with E-state index < -0.39 is 30.2 Å². The van der Waals surface area contributed by atoms with Gasteiger partial charge < -0.3 is 0 Å². The lowest BCUT2D eigenvalue weighted by Gasteiger charge is -2.23. The van der Waals surface area contributed by atoms with Crippen LogP contribution in [0.1, 0.15) is 6.92 Å². The first-order chi connectivity index (χ1) is 5.66. The second-order valence-electron chi connectivity index (χ2n) is 2.30. The van der Waals surface area contributed by atoms with Crippen molar-refractivity contribution in [3.8, 4) is 0 Å². The Kier molecular flexibility index (Phi) is 3.34. The van der Waals surface area contributed by atoms with E-state index in [0.29, 0.717) is 0 Å². The van der Waals surface area contributed by atoms with Crippen molar-refractivity contribution in [1.82, 2.24) is 0 Å². The molecule has 0 amide bonds. The number of halogens is 7. The van der Waals surface area contributed by atoms with Gasteiger partial charge in [0.1, 0.15) is 0 Å². The minimum atomic E-state index is -5.15. The second-order valence-corrected chi connectivity index (χ2v) is 2.30. The van der Waals surface area contributed by atoms with E-state index in [1.807, 2.05) is 0 Å². The fourth-order valence-electron chi connectivity index (χ4n) is 0.477. The summed E-state index contributed by atoms with van der Waals surface area (Å²) in [4.78, 5) is 0. The zero-order valence-corrected chi connectivity index (χ0v) is 6.35. The highest BCUT2D eigenvalue weighted by Crippen LogP contribution is 2.41. The molecule has 0 rings (SSSR count). The van der Waals surface area contributed by atoms with Crippen LogP contribution in [0.4, 0.5) is 30.7 Å². The van der Waals surface area contributed by atoms with Crippen LogP contribution in [0.2, 0.25) is 0 Å². The zero-order valence-electron chi connectivity index (χ0n) is 6.35. The van der Waals surface area contributed by atoms with Gasteiger partial charge >= 0.3 is 11.8 Å². The average molecular weight is 210 g/mol. The Morgan fingerprint density at radius 1 is 1.08 bits per heavy atom. The van der Waals surface area contributed by atoms with E-state index in [1.165, 1.54) is 0 Å². The molecule has 0 saturated heterocycles. The highest BCUT2D eigenvalue weighted by atomic mass is 19.3. The molecule has 0 radical (unpaired) electrons. The molecular formula is C6H5F7. The predicted octanol–water partition coefficient (Wildman–Crippen LogP) is 3.40. The Morgan fingerprint density at radius 2 is 1.46 bits per heavy atom. The van der Waals surface area contributed by atoms with Gasteiger partial charge in [-0.3, -0.25) is 0 Å². The predicted molar refractivity (Wildman–Crippen MR) is 30.8 cm³/mol. The molecule has 0 N–H and O–H groups in total. The Bertz CT molecular complexity index is 213. The van der Waals surface area contributed by atoms with E-state index in [9.17, 15) is 30.7 Å². The first-order valence-corrected chi connectivity index (χ1v) is 3.00. The lowest BCUT2D eigenvalue weighted by Crippen LogP contribution is -2.43. The monoisotopic (exact) mass is 210 g/mol. The summed E-state index contributed by atoms with van der Waals surface area (Å²) in [5, 5.41) is 0. The van der Waals surface area contributed by atoms with Gasteiger partial charge in [-0.2, -0.15) is 26.3 Å². The minimum Gasteiger partial charge on any atom is -0.244 e. The number of allylic oxidation sites excluding steroid dienone is 1. The molecule has 7 heteroatoms. The van der Waals surface area contributed by atoms with Crippen LogP contribution in [0.15, 0.2) is 11.7 Å². The molecular weight excluding hydrogens is 205 g/mol. The Morgan fingerprint density at radius 3 is 1.69 bits per heavy atom. The summed E-state index contributed by atoms with van der Waals surface area (Å²) in [5.41, 5.74) is -2.12. The molecule has 13 heavy (non-hydrogen) atoms. The summed E-state index contributed by atoms with van der Waals surface area (Å²) in [6.07, 6.45) is -2.93. The number of hydrogen-bond donors (Lipinski definition) is 0. The van der Waals surface area contributed by atoms with Crippen molar-refractivity contribution in [2.45, 2.75) is 18.8 Å². The first kappa shape index (κ1) is 12.2. The van der Waals surface area contributed by atoms with E-state index in [4.69, 9.17) is 0 Å². The van der Waals surface area contributed by atoms with Crippen LogP contribution in [0.5, 0.6) is 0 Å². The SMILES string of the molecule is CC(=C(F)F)C(F)(F)C(F)(F)CF. The van der Waals surface area contributed by atoms with Gasteiger partial charge in [0.05, 0.1) is 5.57 Å². The van der Waals surface area contributed by atoms with Crippen LogP contribution in [0.3, 0.4) is 0 Å². The molecule has 0 aliphatic carbocycles. The molecule has 0 saturated carbocycles. The molecule has 0 nitrogen and oxygen atoms in total. The third-order valence-corrected chi connectivity index (χ3v) is 1.38. The van der Waals surface area contributed by atoms with Crippen LogP contribution in [-0.2, 0) is 0 Å². The molecule has 0 aliphatic heterocycles. The Hall–Kier alpha value is -0.750. The lowest BCUT2D eigenvalue weighted by molar-refractivity contribution is -0.194. The van der Waals surface area contributed by atoms with Gasteiger partial charge in [0.25, 0.3) is 6.08 Å². The molecule has 0 unspecified atom stereocenters. The first-order valence-electron chi connectivity index (χ1n) is 3.00. The molecule has 0 heterocycles. The molecule has 0 aliphatic rings. The van der Waals surface area contributed by atoms with Crippen LogP contribution >= 0.6 is 0 Å². The molecule has 78 valence electrons. The average Bonchev–Trinajstić information content (AvgIpc) is 2.02. The van der Waals surface area contributed by atoms with E-state index >= 15 is 0 Å². The summed E-state index contributed by atoms with van der Waals surface area (Å²) < 4.78 is 83.2. The fraction of sp³-hybridized carbons (Fsp3) is 0.667. The summed E-state index contributed by atoms with van der Waals surface area (Å²) in [5.74, 6) is -10.2. The van der Waals surface area contributed by atoms with Crippen LogP contribution in [0, 0.1) is 0 Å². The van der Waals surface area contributed by atoms with E-state index in [1.54, 1.807) is 0 Å². The summed E-state index contributed by atoms with van der Waals surface area (Å²) in [6, 6.07) is 0. The third kappa shape index (κ3) is 2.13. The van der Waals surface area contributed by atoms with Crippen LogP contribution < -0.4 is 0 Å². The smallest absolute Gasteiger partial charge is 0.244 e. The van der Waals surface area contributed by atoms with Crippen molar-refractivity contribution in [2.75, 3.05) is 6.67 Å². The summed E-state index contributed by atoms with van der Waals surface area (Å²) in [7, 11) is 0. The zero-order chi connectivity index (χ0) is 10.9. The van der Waals surface area contributed by atoms with Crippen molar-refractivity contribution in [1.29, 1.82) is 0 Å². The van der Waals surface area contributed by atoms with Gasteiger partial charge in [-0.15, -0.1) is 0 Å². The maximum Gasteiger partial charge on any atom is 0.342 e. The Balaban J connectivity index is 5.09. The number of rotatable bonds is 3. The van der Waals surface area contributed by atoms with E-state index in [0.717, 1.165) is 0 Å². The molecule has 0 bridgehead atoms. The van der Waals surface area contributed by atoms with Gasteiger partial charge in [-0.1, -0.05) is 0 Å². The molecule has 0 fully saturated rings. The lowest BCUT2D eigenvalue weighted by atomic mass is 10.1. The van der Waals surface area contributed by atoms with E-state index in [2.05, 4.69) is 0 Å². The number of hydrogen-bond acceptors (Lipinski definition) is 0. The van der Waals surface area contributed by atoms with Gasteiger partial charge in [0.2, 0.25) is 0 Å². The van der Waals surface area contributed by atoms with E-state index in [-0.39, 0.29) is 6.92 Å². The van der Waals surface area contributed by atoms with Crippen LogP contribution in [-0.4, -0.2) is 18.5 Å².